The zero-order chi connectivity index (χ0) is 19.1. The monoisotopic (exact) mass is 379 g/mol. The van der Waals surface area contributed by atoms with E-state index >= 15 is 0 Å². The van der Waals surface area contributed by atoms with E-state index in [-0.39, 0.29) is 17.3 Å². The summed E-state index contributed by atoms with van der Waals surface area (Å²) in [6, 6.07) is 15.3. The molecule has 6 heteroatoms. The zero-order valence-electron chi connectivity index (χ0n) is 14.6. The molecule has 0 bridgehead atoms. The Balaban J connectivity index is 1.87. The maximum absolute atomic E-state index is 6.03. The minimum absolute atomic E-state index is 0.0163. The Morgan fingerprint density at radius 2 is 1.19 bits per heavy atom. The highest BCUT2D eigenvalue weighted by Gasteiger charge is 2.12. The van der Waals surface area contributed by atoms with Crippen LogP contribution < -0.4 is 9.47 Å². The quantitative estimate of drug-likeness (QED) is 0.479. The lowest BCUT2D eigenvalue weighted by Gasteiger charge is -2.11. The number of hydrogen-bond acceptors (Lipinski definition) is 5. The second-order valence-corrected chi connectivity index (χ2v) is 5.91. The number of ether oxygens (including phenoxy) is 2. The fourth-order valence-corrected chi connectivity index (χ4v) is 2.60. The van der Waals surface area contributed by atoms with Gasteiger partial charge in [-0.15, -0.1) is 18.1 Å². The molecule has 0 saturated carbocycles. The Kier molecular flexibility index (Phi) is 6.18. The van der Waals surface area contributed by atoms with Crippen molar-refractivity contribution in [3.63, 3.8) is 0 Å². The van der Waals surface area contributed by atoms with E-state index in [9.17, 15) is 0 Å². The molecule has 27 heavy (non-hydrogen) atoms. The molecule has 3 aromatic rings. The van der Waals surface area contributed by atoms with E-state index in [1.165, 1.54) is 0 Å². The molecule has 0 aliphatic carbocycles. The van der Waals surface area contributed by atoms with Crippen LogP contribution in [0.2, 0.25) is 5.28 Å². The molecule has 0 unspecified atom stereocenters. The van der Waals surface area contributed by atoms with Crippen molar-refractivity contribution in [2.45, 2.75) is 12.8 Å². The molecule has 0 amide bonds. The highest BCUT2D eigenvalue weighted by Crippen LogP contribution is 2.28. The number of allylic oxidation sites excluding steroid dienone is 2. The van der Waals surface area contributed by atoms with Gasteiger partial charge in [0.1, 0.15) is 11.5 Å². The summed E-state index contributed by atoms with van der Waals surface area (Å²) in [5.74, 6) is 1.25. The normalized spacial score (nSPS) is 10.3. The van der Waals surface area contributed by atoms with Gasteiger partial charge >= 0.3 is 12.0 Å². The third-order valence-corrected chi connectivity index (χ3v) is 3.81. The van der Waals surface area contributed by atoms with E-state index in [0.717, 1.165) is 11.1 Å². The molecule has 0 aliphatic rings. The van der Waals surface area contributed by atoms with Crippen LogP contribution in [0.1, 0.15) is 11.1 Å². The molecular weight excluding hydrogens is 362 g/mol. The predicted molar refractivity (Wildman–Crippen MR) is 106 cm³/mol. The van der Waals surface area contributed by atoms with Gasteiger partial charge in [-0.2, -0.15) is 9.97 Å². The van der Waals surface area contributed by atoms with E-state index in [2.05, 4.69) is 28.1 Å². The second kappa shape index (κ2) is 8.96. The van der Waals surface area contributed by atoms with E-state index in [1.54, 1.807) is 12.2 Å². The lowest BCUT2D eigenvalue weighted by atomic mass is 10.1. The Hall–Kier alpha value is -3.18. The summed E-state index contributed by atoms with van der Waals surface area (Å²) >= 11 is 6.03. The van der Waals surface area contributed by atoms with Crippen LogP contribution in [0.5, 0.6) is 23.5 Å². The molecular formula is C21H18ClN3O2. The van der Waals surface area contributed by atoms with Crippen LogP contribution in [0.25, 0.3) is 0 Å². The summed E-state index contributed by atoms with van der Waals surface area (Å²) in [5, 5.41) is -0.0163. The molecule has 0 aliphatic heterocycles. The standard InChI is InChI=1S/C21H18ClN3O2/c1-3-9-15-11-5-7-13-17(15)26-20-23-19(22)24-21(25-20)27-18-14-8-6-12-16(18)10-4-2/h3-8,11-14H,1-2,9-10H2. The van der Waals surface area contributed by atoms with Crippen molar-refractivity contribution in [2.75, 3.05) is 0 Å². The van der Waals surface area contributed by atoms with Gasteiger partial charge in [-0.3, -0.25) is 0 Å². The minimum Gasteiger partial charge on any atom is -0.424 e. The number of halogens is 1. The van der Waals surface area contributed by atoms with E-state index in [1.807, 2.05) is 48.5 Å². The summed E-state index contributed by atoms with van der Waals surface area (Å²) in [5.41, 5.74) is 1.92. The fraction of sp³-hybridized carbons (Fsp3) is 0.0952. The third kappa shape index (κ3) is 4.92. The fourth-order valence-electron chi connectivity index (χ4n) is 2.46. The van der Waals surface area contributed by atoms with Gasteiger partial charge in [-0.05, 0) is 47.7 Å². The van der Waals surface area contributed by atoms with Crippen molar-refractivity contribution in [3.05, 3.63) is 90.3 Å². The van der Waals surface area contributed by atoms with Gasteiger partial charge in [0.2, 0.25) is 5.28 Å². The largest absolute Gasteiger partial charge is 0.424 e. The Morgan fingerprint density at radius 3 is 1.63 bits per heavy atom. The SMILES string of the molecule is C=CCc1ccccc1Oc1nc(Cl)nc(Oc2ccccc2CC=C)n1. The van der Waals surface area contributed by atoms with Gasteiger partial charge in [-0.1, -0.05) is 48.6 Å². The van der Waals surface area contributed by atoms with Crippen LogP contribution in [0.3, 0.4) is 0 Å². The first-order valence-electron chi connectivity index (χ1n) is 8.34. The van der Waals surface area contributed by atoms with Crippen molar-refractivity contribution in [1.82, 2.24) is 15.0 Å². The highest BCUT2D eigenvalue weighted by molar-refractivity contribution is 6.28. The van der Waals surface area contributed by atoms with Crippen LogP contribution in [0.15, 0.2) is 73.8 Å². The van der Waals surface area contributed by atoms with Gasteiger partial charge in [0, 0.05) is 0 Å². The van der Waals surface area contributed by atoms with Crippen molar-refractivity contribution < 1.29 is 9.47 Å². The molecule has 0 N–H and O–H groups in total. The third-order valence-electron chi connectivity index (χ3n) is 3.64. The Morgan fingerprint density at radius 1 is 0.741 bits per heavy atom. The molecule has 5 nitrogen and oxygen atoms in total. The summed E-state index contributed by atoms with van der Waals surface area (Å²) in [4.78, 5) is 12.3. The molecule has 2 aromatic carbocycles. The topological polar surface area (TPSA) is 57.1 Å². The lowest BCUT2D eigenvalue weighted by Crippen LogP contribution is -2.01. The van der Waals surface area contributed by atoms with Crippen molar-refractivity contribution in [3.8, 4) is 23.5 Å². The molecule has 3 rings (SSSR count). The van der Waals surface area contributed by atoms with Crippen molar-refractivity contribution in [2.24, 2.45) is 0 Å². The summed E-state index contributed by atoms with van der Waals surface area (Å²) < 4.78 is 11.6. The van der Waals surface area contributed by atoms with Gasteiger partial charge < -0.3 is 9.47 Å². The number of hydrogen-bond donors (Lipinski definition) is 0. The Labute approximate surface area is 163 Å². The van der Waals surface area contributed by atoms with E-state index in [4.69, 9.17) is 21.1 Å². The van der Waals surface area contributed by atoms with Crippen LogP contribution in [0, 0.1) is 0 Å². The molecule has 1 aromatic heterocycles. The van der Waals surface area contributed by atoms with Crippen LogP contribution >= 0.6 is 11.6 Å². The van der Waals surface area contributed by atoms with Gasteiger partial charge in [0.15, 0.2) is 0 Å². The first kappa shape index (κ1) is 18.6. The molecule has 0 atom stereocenters. The van der Waals surface area contributed by atoms with Gasteiger partial charge in [0.25, 0.3) is 0 Å². The maximum Gasteiger partial charge on any atom is 0.329 e. The summed E-state index contributed by atoms with van der Waals surface area (Å²) in [6.45, 7) is 7.52. The summed E-state index contributed by atoms with van der Waals surface area (Å²) in [6.07, 6.45) is 4.92. The summed E-state index contributed by atoms with van der Waals surface area (Å²) in [7, 11) is 0. The number of benzene rings is 2. The molecule has 1 heterocycles. The smallest absolute Gasteiger partial charge is 0.329 e. The first-order chi connectivity index (χ1) is 13.2. The molecule has 0 fully saturated rings. The van der Waals surface area contributed by atoms with Gasteiger partial charge in [0.05, 0.1) is 0 Å². The van der Waals surface area contributed by atoms with Crippen LogP contribution in [-0.2, 0) is 12.8 Å². The second-order valence-electron chi connectivity index (χ2n) is 5.57. The number of para-hydroxylation sites is 2. The van der Waals surface area contributed by atoms with Crippen LogP contribution in [0.4, 0.5) is 0 Å². The number of rotatable bonds is 8. The van der Waals surface area contributed by atoms with E-state index in [0.29, 0.717) is 24.3 Å². The molecule has 0 spiro atoms. The molecule has 0 saturated heterocycles. The maximum atomic E-state index is 6.03. The minimum atomic E-state index is -0.0163. The average molecular weight is 380 g/mol. The number of aromatic nitrogens is 3. The predicted octanol–water partition coefficient (Wildman–Crippen LogP) is 5.57. The molecule has 136 valence electrons. The first-order valence-corrected chi connectivity index (χ1v) is 8.72. The average Bonchev–Trinajstić information content (AvgIpc) is 2.65. The number of nitrogens with zero attached hydrogens (tertiary/aromatic N) is 3. The van der Waals surface area contributed by atoms with E-state index < -0.39 is 0 Å². The van der Waals surface area contributed by atoms with Crippen molar-refractivity contribution >= 4 is 11.6 Å². The zero-order valence-corrected chi connectivity index (χ0v) is 15.4. The Bertz CT molecular complexity index is 886. The lowest BCUT2D eigenvalue weighted by molar-refractivity contribution is 0.394. The highest BCUT2D eigenvalue weighted by atomic mass is 35.5. The van der Waals surface area contributed by atoms with Crippen molar-refractivity contribution in [1.29, 1.82) is 0 Å². The molecule has 0 radical (unpaired) electrons. The van der Waals surface area contributed by atoms with Crippen LogP contribution in [-0.4, -0.2) is 15.0 Å². The van der Waals surface area contributed by atoms with Gasteiger partial charge in [-0.25, -0.2) is 0 Å².